The monoisotopic (exact) mass is 420 g/mol. The van der Waals surface area contributed by atoms with Crippen LogP contribution in [-0.4, -0.2) is 54.5 Å². The van der Waals surface area contributed by atoms with E-state index in [0.717, 1.165) is 0 Å². The number of rotatable bonds is 7. The molecule has 0 heterocycles. The molecule has 0 aromatic rings. The average Bonchev–Trinajstić information content (AvgIpc) is 2.40. The van der Waals surface area contributed by atoms with Gasteiger partial charge >= 0.3 is 39.4 Å². The van der Waals surface area contributed by atoms with Gasteiger partial charge in [-0.3, -0.25) is 4.55 Å². The van der Waals surface area contributed by atoms with Crippen molar-refractivity contribution in [1.82, 2.24) is 0 Å². The van der Waals surface area contributed by atoms with E-state index in [2.05, 4.69) is 16.1 Å². The van der Waals surface area contributed by atoms with Crippen molar-refractivity contribution in [3.8, 4) is 0 Å². The zero-order valence-corrected chi connectivity index (χ0v) is 13.7. The van der Waals surface area contributed by atoms with Crippen LogP contribution >= 0.6 is 0 Å². The Morgan fingerprint density at radius 1 is 1.04 bits per heavy atom. The zero-order valence-electron chi connectivity index (χ0n) is 12.9. The molecule has 0 aromatic heterocycles. The SMILES string of the molecule is C=C(C(=O)OC(C)(C)C(F)(F)C(=O)OCC(F)(F)S(=O)(=O)O)C(F)(F)F. The van der Waals surface area contributed by atoms with Crippen molar-refractivity contribution in [1.29, 1.82) is 0 Å². The first-order valence-electron chi connectivity index (χ1n) is 6.06. The molecule has 0 radical (unpaired) electrons. The highest BCUT2D eigenvalue weighted by atomic mass is 32.2. The summed E-state index contributed by atoms with van der Waals surface area (Å²) in [6.07, 6.45) is -5.33. The minimum absolute atomic E-state index is 0.261. The number of hydrogen-bond acceptors (Lipinski definition) is 6. The summed E-state index contributed by atoms with van der Waals surface area (Å²) in [5, 5.41) is -5.13. The molecule has 0 bridgehead atoms. The van der Waals surface area contributed by atoms with Gasteiger partial charge in [0.1, 0.15) is 5.57 Å². The lowest BCUT2D eigenvalue weighted by Gasteiger charge is -2.32. The molecule has 0 rings (SSSR count). The maximum absolute atomic E-state index is 13.9. The molecule has 0 atom stereocenters. The molecule has 0 aliphatic heterocycles. The van der Waals surface area contributed by atoms with Crippen LogP contribution in [0.15, 0.2) is 12.2 Å². The van der Waals surface area contributed by atoms with E-state index in [4.69, 9.17) is 4.55 Å². The molecular weight excluding hydrogens is 409 g/mol. The van der Waals surface area contributed by atoms with E-state index in [9.17, 15) is 48.7 Å². The van der Waals surface area contributed by atoms with E-state index in [0.29, 0.717) is 0 Å². The van der Waals surface area contributed by atoms with E-state index >= 15 is 0 Å². The van der Waals surface area contributed by atoms with Gasteiger partial charge in [0.2, 0.25) is 0 Å². The molecule has 0 fully saturated rings. The molecule has 0 amide bonds. The number of alkyl halides is 7. The summed E-state index contributed by atoms with van der Waals surface area (Å²) in [7, 11) is -6.10. The van der Waals surface area contributed by atoms with Crippen molar-refractivity contribution in [3.63, 3.8) is 0 Å². The summed E-state index contributed by atoms with van der Waals surface area (Å²) in [4.78, 5) is 22.4. The zero-order chi connectivity index (χ0) is 21.4. The molecule has 26 heavy (non-hydrogen) atoms. The summed E-state index contributed by atoms with van der Waals surface area (Å²) in [5.74, 6) is -10.2. The molecule has 15 heteroatoms. The van der Waals surface area contributed by atoms with Crippen LogP contribution in [0.25, 0.3) is 0 Å². The fourth-order valence-corrected chi connectivity index (χ4v) is 1.24. The number of halogens is 7. The Kier molecular flexibility index (Phi) is 6.50. The standard InChI is InChI=1S/C11H11F7O7S/c1-5(11(16,17)18)6(19)25-8(2,3)10(14,15)7(20)24-4-9(12,13)26(21,22)23/h1,4H2,2-3H3,(H,21,22,23). The second kappa shape index (κ2) is 7.02. The number of ether oxygens (including phenoxy) is 2. The molecule has 152 valence electrons. The van der Waals surface area contributed by atoms with Gasteiger partial charge in [0.15, 0.2) is 12.2 Å². The second-order valence-corrected chi connectivity index (χ2v) is 6.69. The Bertz CT molecular complexity index is 694. The Morgan fingerprint density at radius 2 is 1.46 bits per heavy atom. The Hall–Kier alpha value is -1.90. The average molecular weight is 420 g/mol. The molecular formula is C11H11F7O7S. The summed E-state index contributed by atoms with van der Waals surface area (Å²) in [5.41, 5.74) is -5.52. The van der Waals surface area contributed by atoms with Gasteiger partial charge < -0.3 is 9.47 Å². The Balaban J connectivity index is 5.31. The molecule has 7 nitrogen and oxygen atoms in total. The van der Waals surface area contributed by atoms with Gasteiger partial charge in [0.25, 0.3) is 0 Å². The summed E-state index contributed by atoms with van der Waals surface area (Å²) >= 11 is 0. The fraction of sp³-hybridized carbons (Fsp3) is 0.636. The van der Waals surface area contributed by atoms with Gasteiger partial charge in [0.05, 0.1) is 0 Å². The van der Waals surface area contributed by atoms with E-state index < -0.39 is 57.2 Å². The highest BCUT2D eigenvalue weighted by Crippen LogP contribution is 2.36. The molecule has 0 spiro atoms. The van der Waals surface area contributed by atoms with Crippen LogP contribution in [0.5, 0.6) is 0 Å². The quantitative estimate of drug-likeness (QED) is 0.291. The number of carbonyl (C=O) groups excluding carboxylic acids is 2. The maximum Gasteiger partial charge on any atom is 0.422 e. The van der Waals surface area contributed by atoms with Gasteiger partial charge in [-0.2, -0.15) is 39.2 Å². The van der Waals surface area contributed by atoms with Crippen molar-refractivity contribution in [2.45, 2.75) is 36.8 Å². The van der Waals surface area contributed by atoms with Crippen LogP contribution in [0.3, 0.4) is 0 Å². The van der Waals surface area contributed by atoms with E-state index in [1.807, 2.05) is 0 Å². The van der Waals surface area contributed by atoms with Crippen molar-refractivity contribution >= 4 is 22.1 Å². The minimum Gasteiger partial charge on any atom is -0.453 e. The van der Waals surface area contributed by atoms with Crippen LogP contribution in [0, 0.1) is 0 Å². The molecule has 0 aromatic carbocycles. The first-order valence-corrected chi connectivity index (χ1v) is 7.50. The van der Waals surface area contributed by atoms with E-state index in [-0.39, 0.29) is 13.8 Å². The molecule has 1 N–H and O–H groups in total. The van der Waals surface area contributed by atoms with Gasteiger partial charge in [-0.1, -0.05) is 6.58 Å². The molecule has 0 aliphatic carbocycles. The maximum atomic E-state index is 13.9. The van der Waals surface area contributed by atoms with Crippen molar-refractivity contribution < 1.29 is 62.8 Å². The predicted molar refractivity (Wildman–Crippen MR) is 67.8 cm³/mol. The Labute approximate surface area is 141 Å². The molecule has 0 saturated heterocycles. The number of hydrogen-bond donors (Lipinski definition) is 1. The van der Waals surface area contributed by atoms with Crippen LogP contribution in [0.4, 0.5) is 30.7 Å². The van der Waals surface area contributed by atoms with Crippen LogP contribution in [0.2, 0.25) is 0 Å². The van der Waals surface area contributed by atoms with Crippen molar-refractivity contribution in [2.75, 3.05) is 6.61 Å². The van der Waals surface area contributed by atoms with Crippen molar-refractivity contribution in [3.05, 3.63) is 12.2 Å². The van der Waals surface area contributed by atoms with Crippen LogP contribution in [0.1, 0.15) is 13.8 Å². The summed E-state index contributed by atoms with van der Waals surface area (Å²) < 4.78 is 126. The normalized spacial score (nSPS) is 13.9. The van der Waals surface area contributed by atoms with Gasteiger partial charge in [-0.15, -0.1) is 0 Å². The highest BCUT2D eigenvalue weighted by Gasteiger charge is 2.59. The van der Waals surface area contributed by atoms with Gasteiger partial charge in [-0.05, 0) is 13.8 Å². The lowest BCUT2D eigenvalue weighted by Crippen LogP contribution is -2.53. The van der Waals surface area contributed by atoms with E-state index in [1.54, 1.807) is 0 Å². The topological polar surface area (TPSA) is 107 Å². The lowest BCUT2D eigenvalue weighted by atomic mass is 10.00. The smallest absolute Gasteiger partial charge is 0.422 e. The largest absolute Gasteiger partial charge is 0.453 e. The lowest BCUT2D eigenvalue weighted by molar-refractivity contribution is -0.221. The first kappa shape index (κ1) is 24.1. The Morgan fingerprint density at radius 3 is 1.81 bits per heavy atom. The predicted octanol–water partition coefficient (Wildman–Crippen LogP) is 2.09. The van der Waals surface area contributed by atoms with Crippen LogP contribution in [-0.2, 0) is 29.2 Å². The minimum atomic E-state index is -6.10. The van der Waals surface area contributed by atoms with Crippen molar-refractivity contribution in [2.24, 2.45) is 0 Å². The molecule has 0 aliphatic rings. The highest BCUT2D eigenvalue weighted by molar-refractivity contribution is 7.86. The first-order chi connectivity index (χ1) is 11.2. The third-order valence-corrected chi connectivity index (χ3v) is 3.57. The number of esters is 2. The third kappa shape index (κ3) is 5.30. The second-order valence-electron chi connectivity index (χ2n) is 5.14. The molecule has 0 saturated carbocycles. The summed E-state index contributed by atoms with van der Waals surface area (Å²) in [6, 6.07) is 0. The van der Waals surface area contributed by atoms with Gasteiger partial charge in [-0.25, -0.2) is 9.59 Å². The van der Waals surface area contributed by atoms with Gasteiger partial charge in [0, 0.05) is 0 Å². The summed E-state index contributed by atoms with van der Waals surface area (Å²) in [6.45, 7) is 0.271. The molecule has 0 unspecified atom stereocenters. The fourth-order valence-electron chi connectivity index (χ4n) is 1.03. The number of carbonyl (C=O) groups is 2. The van der Waals surface area contributed by atoms with Crippen LogP contribution < -0.4 is 0 Å². The van der Waals surface area contributed by atoms with E-state index in [1.165, 1.54) is 0 Å². The third-order valence-electron chi connectivity index (χ3n) is 2.70.